The fraction of sp³-hybridized carbons (Fsp3) is 0. The monoisotopic (exact) mass is 327 g/mol. The lowest BCUT2D eigenvalue weighted by molar-refractivity contribution is -0.355. The van der Waals surface area contributed by atoms with Gasteiger partial charge in [0.2, 0.25) is 5.69 Å². The molecule has 0 aromatic heterocycles. The molecule has 2 aromatic rings. The Kier molecular flexibility index (Phi) is 3.19. The standard InChI is InChI=1S/C14H5Cl2F2NO2/c15-10-4-9-12(5-11(10)16)19(21)13(14(9)20)6-1-7(17)3-8(18)2-6/h1-5H. The molecule has 1 heterocycles. The van der Waals surface area contributed by atoms with Crippen LogP contribution in [0.3, 0.4) is 0 Å². The summed E-state index contributed by atoms with van der Waals surface area (Å²) in [5, 5.41) is 12.4. The summed E-state index contributed by atoms with van der Waals surface area (Å²) < 4.78 is 26.8. The number of Topliss-reactive ketones (excluding diaryl/α,β-unsaturated/α-hetero) is 1. The second kappa shape index (κ2) is 4.79. The van der Waals surface area contributed by atoms with E-state index in [4.69, 9.17) is 23.2 Å². The molecule has 21 heavy (non-hydrogen) atoms. The topological polar surface area (TPSA) is 43.1 Å². The zero-order valence-corrected chi connectivity index (χ0v) is 11.7. The van der Waals surface area contributed by atoms with Crippen LogP contribution in [0.2, 0.25) is 10.0 Å². The molecule has 106 valence electrons. The highest BCUT2D eigenvalue weighted by atomic mass is 35.5. The Bertz CT molecular complexity index is 814. The molecule has 0 N–H and O–H groups in total. The average Bonchev–Trinajstić information content (AvgIpc) is 2.62. The summed E-state index contributed by atoms with van der Waals surface area (Å²) in [6, 6.07) is 4.98. The van der Waals surface area contributed by atoms with E-state index in [1.165, 1.54) is 12.1 Å². The molecular weight excluding hydrogens is 323 g/mol. The fourth-order valence-electron chi connectivity index (χ4n) is 2.17. The van der Waals surface area contributed by atoms with E-state index in [0.717, 1.165) is 12.1 Å². The first-order chi connectivity index (χ1) is 9.88. The normalized spacial score (nSPS) is 13.8. The molecule has 3 rings (SSSR count). The Morgan fingerprint density at radius 3 is 2.14 bits per heavy atom. The average molecular weight is 328 g/mol. The smallest absolute Gasteiger partial charge is 0.273 e. The Morgan fingerprint density at radius 1 is 0.952 bits per heavy atom. The Balaban J connectivity index is 2.23. The van der Waals surface area contributed by atoms with Crippen molar-refractivity contribution in [2.45, 2.75) is 0 Å². The second-order valence-corrected chi connectivity index (χ2v) is 5.23. The third-order valence-electron chi connectivity index (χ3n) is 3.06. The SMILES string of the molecule is O=C1C(c2cc(F)cc(F)c2)=[N+]([O-])c2cc(Cl)c(Cl)cc21. The molecule has 0 amide bonds. The zero-order chi connectivity index (χ0) is 15.3. The Labute approximate surface area is 127 Å². The van der Waals surface area contributed by atoms with Crippen LogP contribution in [0.15, 0.2) is 30.3 Å². The molecule has 0 bridgehead atoms. The number of carbonyl (C=O) groups excluding carboxylic acids is 1. The summed E-state index contributed by atoms with van der Waals surface area (Å²) in [5.74, 6) is -2.43. The molecule has 0 unspecified atom stereocenters. The van der Waals surface area contributed by atoms with Gasteiger partial charge in [-0.1, -0.05) is 23.2 Å². The molecule has 0 saturated heterocycles. The summed E-state index contributed by atoms with van der Waals surface area (Å²) in [4.78, 5) is 12.3. The lowest BCUT2D eigenvalue weighted by Crippen LogP contribution is -2.17. The number of benzene rings is 2. The number of halogens is 4. The van der Waals surface area contributed by atoms with Gasteiger partial charge in [0.15, 0.2) is 0 Å². The highest BCUT2D eigenvalue weighted by Crippen LogP contribution is 2.35. The van der Waals surface area contributed by atoms with Gasteiger partial charge in [-0.3, -0.25) is 4.79 Å². The molecule has 2 aromatic carbocycles. The first kappa shape index (κ1) is 14.0. The van der Waals surface area contributed by atoms with Crippen LogP contribution in [0.1, 0.15) is 15.9 Å². The van der Waals surface area contributed by atoms with Crippen LogP contribution in [-0.4, -0.2) is 16.2 Å². The van der Waals surface area contributed by atoms with Crippen LogP contribution in [0.25, 0.3) is 0 Å². The van der Waals surface area contributed by atoms with Crippen molar-refractivity contribution in [2.75, 3.05) is 0 Å². The van der Waals surface area contributed by atoms with E-state index in [1.54, 1.807) is 0 Å². The minimum Gasteiger partial charge on any atom is -0.618 e. The van der Waals surface area contributed by atoms with E-state index >= 15 is 0 Å². The minimum absolute atomic E-state index is 0.00549. The molecule has 0 radical (unpaired) electrons. The number of ketones is 1. The number of hydrogen-bond donors (Lipinski definition) is 0. The summed E-state index contributed by atoms with van der Waals surface area (Å²) in [6.07, 6.45) is 0. The van der Waals surface area contributed by atoms with Gasteiger partial charge in [0.05, 0.1) is 15.6 Å². The predicted molar refractivity (Wildman–Crippen MR) is 74.5 cm³/mol. The maximum absolute atomic E-state index is 13.3. The molecule has 0 aliphatic carbocycles. The number of nitrogens with zero attached hydrogens (tertiary/aromatic N) is 1. The number of carbonyl (C=O) groups is 1. The van der Waals surface area contributed by atoms with E-state index in [-0.39, 0.29) is 32.6 Å². The van der Waals surface area contributed by atoms with E-state index in [0.29, 0.717) is 10.8 Å². The summed E-state index contributed by atoms with van der Waals surface area (Å²) in [6.45, 7) is 0. The van der Waals surface area contributed by atoms with Gasteiger partial charge in [0.25, 0.3) is 11.5 Å². The van der Waals surface area contributed by atoms with E-state index in [9.17, 15) is 18.8 Å². The zero-order valence-electron chi connectivity index (χ0n) is 10.2. The van der Waals surface area contributed by atoms with Crippen LogP contribution in [0, 0.1) is 16.8 Å². The van der Waals surface area contributed by atoms with Gasteiger partial charge in [-0.15, -0.1) is 0 Å². The minimum atomic E-state index is -0.884. The molecule has 7 heteroatoms. The Hall–Kier alpha value is -1.98. The molecule has 1 aliphatic rings. The molecule has 3 nitrogen and oxygen atoms in total. The first-order valence-corrected chi connectivity index (χ1v) is 6.48. The van der Waals surface area contributed by atoms with Crippen molar-refractivity contribution in [1.29, 1.82) is 0 Å². The van der Waals surface area contributed by atoms with Gasteiger partial charge < -0.3 is 5.21 Å². The number of fused-ring (bicyclic) bond motifs is 1. The molecule has 1 aliphatic heterocycles. The second-order valence-electron chi connectivity index (χ2n) is 4.41. The van der Waals surface area contributed by atoms with Crippen LogP contribution in [0.4, 0.5) is 14.5 Å². The quantitative estimate of drug-likeness (QED) is 0.584. The van der Waals surface area contributed by atoms with E-state index < -0.39 is 17.4 Å². The summed E-state index contributed by atoms with van der Waals surface area (Å²) in [7, 11) is 0. The molecule has 0 atom stereocenters. The van der Waals surface area contributed by atoms with Crippen molar-refractivity contribution in [1.82, 2.24) is 0 Å². The van der Waals surface area contributed by atoms with Gasteiger partial charge in [0.1, 0.15) is 17.2 Å². The predicted octanol–water partition coefficient (Wildman–Crippen LogP) is 4.10. The highest BCUT2D eigenvalue weighted by Gasteiger charge is 2.37. The Morgan fingerprint density at radius 2 is 1.52 bits per heavy atom. The molecule has 0 fully saturated rings. The lowest BCUT2D eigenvalue weighted by Gasteiger charge is -2.03. The van der Waals surface area contributed by atoms with E-state index in [1.807, 2.05) is 0 Å². The number of hydrogen-bond acceptors (Lipinski definition) is 2. The van der Waals surface area contributed by atoms with Crippen LogP contribution in [0.5, 0.6) is 0 Å². The van der Waals surface area contributed by atoms with Crippen molar-refractivity contribution >= 4 is 40.4 Å². The third kappa shape index (κ3) is 2.18. The lowest BCUT2D eigenvalue weighted by atomic mass is 10.0. The fourth-order valence-corrected chi connectivity index (χ4v) is 2.49. The van der Waals surface area contributed by atoms with Gasteiger partial charge in [-0.2, -0.15) is 4.74 Å². The summed E-state index contributed by atoms with van der Waals surface area (Å²) >= 11 is 11.6. The van der Waals surface area contributed by atoms with Crippen molar-refractivity contribution in [2.24, 2.45) is 0 Å². The molecule has 0 saturated carbocycles. The van der Waals surface area contributed by atoms with Crippen LogP contribution >= 0.6 is 23.2 Å². The van der Waals surface area contributed by atoms with Gasteiger partial charge in [0, 0.05) is 12.1 Å². The van der Waals surface area contributed by atoms with Crippen molar-refractivity contribution in [3.05, 3.63) is 68.3 Å². The molecule has 0 spiro atoms. The summed E-state index contributed by atoms with van der Waals surface area (Å²) in [5.41, 5.74) is -0.481. The first-order valence-electron chi connectivity index (χ1n) is 5.73. The highest BCUT2D eigenvalue weighted by molar-refractivity contribution is 6.53. The molecular formula is C14H5Cl2F2NO2. The van der Waals surface area contributed by atoms with Gasteiger partial charge in [-0.05, 0) is 18.2 Å². The van der Waals surface area contributed by atoms with Gasteiger partial charge in [-0.25, -0.2) is 8.78 Å². The van der Waals surface area contributed by atoms with Crippen LogP contribution in [-0.2, 0) is 0 Å². The maximum atomic E-state index is 13.3. The number of rotatable bonds is 1. The van der Waals surface area contributed by atoms with Crippen molar-refractivity contribution in [3.63, 3.8) is 0 Å². The van der Waals surface area contributed by atoms with E-state index in [2.05, 4.69) is 0 Å². The third-order valence-corrected chi connectivity index (χ3v) is 3.78. The largest absolute Gasteiger partial charge is 0.618 e. The van der Waals surface area contributed by atoms with Crippen molar-refractivity contribution in [3.8, 4) is 0 Å². The van der Waals surface area contributed by atoms with Crippen molar-refractivity contribution < 1.29 is 18.3 Å². The maximum Gasteiger partial charge on any atom is 0.273 e. The van der Waals surface area contributed by atoms with Crippen LogP contribution < -0.4 is 0 Å². The van der Waals surface area contributed by atoms with Gasteiger partial charge >= 0.3 is 0 Å².